The van der Waals surface area contributed by atoms with E-state index < -0.39 is 20.0 Å². The Bertz CT molecular complexity index is 1110. The molecule has 0 spiro atoms. The van der Waals surface area contributed by atoms with Gasteiger partial charge in [0, 0.05) is 50.0 Å². The largest absolute Gasteiger partial charge is 0.369 e. The molecular formula is C20H24ClN3O4S2. The van der Waals surface area contributed by atoms with E-state index in [1.807, 2.05) is 18.2 Å². The molecule has 0 saturated carbocycles. The van der Waals surface area contributed by atoms with Crippen LogP contribution >= 0.6 is 11.6 Å². The van der Waals surface area contributed by atoms with E-state index in [0.717, 1.165) is 18.5 Å². The van der Waals surface area contributed by atoms with E-state index in [2.05, 4.69) is 4.90 Å². The molecule has 0 amide bonds. The van der Waals surface area contributed by atoms with Crippen LogP contribution in [0.5, 0.6) is 0 Å². The molecule has 7 nitrogen and oxygen atoms in total. The molecule has 2 fully saturated rings. The molecule has 2 aromatic carbocycles. The van der Waals surface area contributed by atoms with Gasteiger partial charge in [0.05, 0.1) is 9.79 Å². The maximum absolute atomic E-state index is 13.0. The summed E-state index contributed by atoms with van der Waals surface area (Å²) in [6, 6.07) is 13.1. The summed E-state index contributed by atoms with van der Waals surface area (Å²) in [5.74, 6) is 0. The molecule has 2 aromatic rings. The van der Waals surface area contributed by atoms with E-state index in [1.54, 1.807) is 6.07 Å². The van der Waals surface area contributed by atoms with Crippen LogP contribution < -0.4 is 4.90 Å². The minimum Gasteiger partial charge on any atom is -0.369 e. The minimum absolute atomic E-state index is 0.110. The number of benzene rings is 2. The quantitative estimate of drug-likeness (QED) is 0.672. The van der Waals surface area contributed by atoms with E-state index in [-0.39, 0.29) is 9.79 Å². The molecule has 4 rings (SSSR count). The Labute approximate surface area is 183 Å². The average Bonchev–Trinajstić information content (AvgIpc) is 3.30. The van der Waals surface area contributed by atoms with Gasteiger partial charge in [-0.3, -0.25) is 0 Å². The second-order valence-electron chi connectivity index (χ2n) is 7.45. The smallest absolute Gasteiger partial charge is 0.243 e. The Balaban J connectivity index is 1.46. The third-order valence-corrected chi connectivity index (χ3v) is 9.64. The van der Waals surface area contributed by atoms with Crippen molar-refractivity contribution < 1.29 is 16.8 Å². The summed E-state index contributed by atoms with van der Waals surface area (Å²) >= 11 is 6.05. The zero-order chi connectivity index (χ0) is 21.4. The van der Waals surface area contributed by atoms with Gasteiger partial charge in [0.25, 0.3) is 0 Å². The molecule has 0 aliphatic carbocycles. The number of hydrogen-bond acceptors (Lipinski definition) is 5. The van der Waals surface area contributed by atoms with Crippen LogP contribution in [0.1, 0.15) is 12.8 Å². The first-order valence-electron chi connectivity index (χ1n) is 9.89. The van der Waals surface area contributed by atoms with Gasteiger partial charge in [-0.05, 0) is 55.3 Å². The Kier molecular flexibility index (Phi) is 6.09. The second kappa shape index (κ2) is 8.47. The van der Waals surface area contributed by atoms with E-state index in [9.17, 15) is 16.8 Å². The van der Waals surface area contributed by atoms with E-state index in [1.165, 1.54) is 32.9 Å². The molecule has 10 heteroatoms. The van der Waals surface area contributed by atoms with Crippen LogP contribution in [0.3, 0.4) is 0 Å². The predicted molar refractivity (Wildman–Crippen MR) is 117 cm³/mol. The molecule has 30 heavy (non-hydrogen) atoms. The summed E-state index contributed by atoms with van der Waals surface area (Å²) in [4.78, 5) is 2.34. The summed E-state index contributed by atoms with van der Waals surface area (Å²) in [6.07, 6.45) is 1.71. The number of nitrogens with zero attached hydrogens (tertiary/aromatic N) is 3. The predicted octanol–water partition coefficient (Wildman–Crippen LogP) is 2.64. The second-order valence-corrected chi connectivity index (χ2v) is 11.8. The van der Waals surface area contributed by atoms with Crippen LogP contribution in [0.25, 0.3) is 0 Å². The molecule has 2 saturated heterocycles. The minimum atomic E-state index is -3.68. The third kappa shape index (κ3) is 4.22. The van der Waals surface area contributed by atoms with Crippen LogP contribution in [0.15, 0.2) is 58.3 Å². The number of piperazine rings is 1. The lowest BCUT2D eigenvalue weighted by atomic mass is 10.2. The standard InChI is InChI=1S/C20H24ClN3O4S2/c21-17-4-3-5-18(16-17)22-12-14-24(15-13-22)30(27,28)20-8-6-19(7-9-20)29(25,26)23-10-1-2-11-23/h3-9,16H,1-2,10-15H2. The maximum Gasteiger partial charge on any atom is 0.243 e. The molecular weight excluding hydrogens is 446 g/mol. The lowest BCUT2D eigenvalue weighted by Crippen LogP contribution is -2.48. The van der Waals surface area contributed by atoms with Crippen molar-refractivity contribution in [3.63, 3.8) is 0 Å². The molecule has 0 N–H and O–H groups in total. The SMILES string of the molecule is O=S(=O)(c1ccc(S(=O)(=O)N2CCN(c3cccc(Cl)c3)CC2)cc1)N1CCCC1. The number of hydrogen-bond donors (Lipinski definition) is 0. The van der Waals surface area contributed by atoms with Crippen molar-refractivity contribution in [2.24, 2.45) is 0 Å². The van der Waals surface area contributed by atoms with Gasteiger partial charge < -0.3 is 4.90 Å². The van der Waals surface area contributed by atoms with Crippen LogP contribution in [-0.4, -0.2) is 64.7 Å². The zero-order valence-corrected chi connectivity index (χ0v) is 18.8. The highest BCUT2D eigenvalue weighted by molar-refractivity contribution is 7.89. The van der Waals surface area contributed by atoms with Crippen LogP contribution in [-0.2, 0) is 20.0 Å². The summed E-state index contributed by atoms with van der Waals surface area (Å²) in [6.45, 7) is 2.84. The first kappa shape index (κ1) is 21.6. The van der Waals surface area contributed by atoms with Gasteiger partial charge in [-0.2, -0.15) is 8.61 Å². The molecule has 0 radical (unpaired) electrons. The van der Waals surface area contributed by atoms with Crippen molar-refractivity contribution >= 4 is 37.3 Å². The highest BCUT2D eigenvalue weighted by Gasteiger charge is 2.30. The number of rotatable bonds is 5. The third-order valence-electron chi connectivity index (χ3n) is 5.58. The summed E-state index contributed by atoms with van der Waals surface area (Å²) < 4.78 is 54.2. The Morgan fingerprint density at radius 1 is 0.667 bits per heavy atom. The molecule has 2 heterocycles. The van der Waals surface area contributed by atoms with E-state index >= 15 is 0 Å². The van der Waals surface area contributed by atoms with Crippen molar-refractivity contribution in [3.8, 4) is 0 Å². The van der Waals surface area contributed by atoms with Crippen molar-refractivity contribution in [3.05, 3.63) is 53.6 Å². The van der Waals surface area contributed by atoms with Gasteiger partial charge in [-0.25, -0.2) is 16.8 Å². The molecule has 0 aromatic heterocycles. The summed E-state index contributed by atoms with van der Waals surface area (Å²) in [5.41, 5.74) is 0.969. The number of sulfonamides is 2. The average molecular weight is 470 g/mol. The highest BCUT2D eigenvalue weighted by Crippen LogP contribution is 2.25. The Morgan fingerprint density at radius 3 is 1.67 bits per heavy atom. The van der Waals surface area contributed by atoms with Crippen LogP contribution in [0.2, 0.25) is 5.02 Å². The first-order valence-corrected chi connectivity index (χ1v) is 13.2. The van der Waals surface area contributed by atoms with E-state index in [4.69, 9.17) is 11.6 Å². The topological polar surface area (TPSA) is 78.0 Å². The highest BCUT2D eigenvalue weighted by atomic mass is 35.5. The lowest BCUT2D eigenvalue weighted by Gasteiger charge is -2.35. The fraction of sp³-hybridized carbons (Fsp3) is 0.400. The Hall–Kier alpha value is -1.65. The molecule has 2 aliphatic rings. The summed E-state index contributed by atoms with van der Waals surface area (Å²) in [5, 5.41) is 0.645. The summed E-state index contributed by atoms with van der Waals surface area (Å²) in [7, 11) is -7.24. The van der Waals surface area contributed by atoms with Gasteiger partial charge in [0.15, 0.2) is 0 Å². The van der Waals surface area contributed by atoms with Crippen LogP contribution in [0, 0.1) is 0 Å². The van der Waals surface area contributed by atoms with Crippen molar-refractivity contribution in [2.75, 3.05) is 44.2 Å². The van der Waals surface area contributed by atoms with Crippen molar-refractivity contribution in [1.29, 1.82) is 0 Å². The fourth-order valence-corrected chi connectivity index (χ4v) is 6.99. The molecule has 0 bridgehead atoms. The zero-order valence-electron chi connectivity index (χ0n) is 16.4. The molecule has 0 unspecified atom stereocenters. The fourth-order valence-electron chi connectivity index (χ4n) is 3.87. The van der Waals surface area contributed by atoms with Gasteiger partial charge in [-0.1, -0.05) is 17.7 Å². The monoisotopic (exact) mass is 469 g/mol. The van der Waals surface area contributed by atoms with E-state index in [0.29, 0.717) is 44.3 Å². The maximum atomic E-state index is 13.0. The number of halogens is 1. The first-order chi connectivity index (χ1) is 14.3. The normalized spacial score (nSPS) is 19.3. The molecule has 162 valence electrons. The van der Waals surface area contributed by atoms with Gasteiger partial charge >= 0.3 is 0 Å². The molecule has 2 aliphatic heterocycles. The molecule has 0 atom stereocenters. The van der Waals surface area contributed by atoms with Gasteiger partial charge in [-0.15, -0.1) is 0 Å². The van der Waals surface area contributed by atoms with Crippen LogP contribution in [0.4, 0.5) is 5.69 Å². The van der Waals surface area contributed by atoms with Crippen molar-refractivity contribution in [1.82, 2.24) is 8.61 Å². The number of anilines is 1. The van der Waals surface area contributed by atoms with Gasteiger partial charge in [0.2, 0.25) is 20.0 Å². The lowest BCUT2D eigenvalue weighted by molar-refractivity contribution is 0.385. The van der Waals surface area contributed by atoms with Gasteiger partial charge in [0.1, 0.15) is 0 Å². The Morgan fingerprint density at radius 2 is 1.17 bits per heavy atom. The van der Waals surface area contributed by atoms with Crippen molar-refractivity contribution in [2.45, 2.75) is 22.6 Å².